The van der Waals surface area contributed by atoms with Crippen LogP contribution in [0.25, 0.3) is 0 Å². The molecule has 0 saturated carbocycles. The van der Waals surface area contributed by atoms with E-state index in [1.54, 1.807) is 24.6 Å². The van der Waals surface area contributed by atoms with Gasteiger partial charge in [0.15, 0.2) is 6.29 Å². The molecule has 0 aliphatic carbocycles. The van der Waals surface area contributed by atoms with Gasteiger partial charge in [-0.1, -0.05) is 0 Å². The normalized spacial score (nSPS) is 10.6. The van der Waals surface area contributed by atoms with Gasteiger partial charge in [0, 0.05) is 0 Å². The maximum absolute atomic E-state index is 10.9. The summed E-state index contributed by atoms with van der Waals surface area (Å²) in [6, 6.07) is 1.76. The van der Waals surface area contributed by atoms with Crippen LogP contribution in [0.2, 0.25) is 0 Å². The highest BCUT2D eigenvalue weighted by atomic mass is 32.1. The maximum Gasteiger partial charge on any atom is 0.312 e. The minimum Gasteiger partial charge on any atom is -0.297 e. The summed E-state index contributed by atoms with van der Waals surface area (Å²) in [7, 11) is 0. The lowest BCUT2D eigenvalue weighted by molar-refractivity contribution is -0.386. The van der Waals surface area contributed by atoms with E-state index < -0.39 is 4.92 Å². The molecule has 18 heavy (non-hydrogen) atoms. The fourth-order valence-electron chi connectivity index (χ4n) is 1.82. The topological polar surface area (TPSA) is 78.0 Å². The van der Waals surface area contributed by atoms with E-state index in [0.29, 0.717) is 22.8 Å². The van der Waals surface area contributed by atoms with Crippen LogP contribution in [-0.4, -0.2) is 21.0 Å². The van der Waals surface area contributed by atoms with Gasteiger partial charge in [-0.05, 0) is 30.9 Å². The van der Waals surface area contributed by atoms with Crippen molar-refractivity contribution in [3.8, 4) is 0 Å². The standard InChI is InChI=1S/C11H11N3O3S/c1-7-11(14(16)17)8(2)13(12-7)4-9-3-10(5-15)18-6-9/h3,5-6H,4H2,1-2H3. The Morgan fingerprint density at radius 3 is 2.78 bits per heavy atom. The van der Waals surface area contributed by atoms with E-state index in [-0.39, 0.29) is 5.69 Å². The Labute approximate surface area is 107 Å². The molecule has 0 unspecified atom stereocenters. The second-order valence-corrected chi connectivity index (χ2v) is 4.85. The van der Waals surface area contributed by atoms with Crippen molar-refractivity contribution in [2.24, 2.45) is 0 Å². The molecule has 2 aromatic rings. The molecule has 0 atom stereocenters. The van der Waals surface area contributed by atoms with E-state index in [9.17, 15) is 14.9 Å². The number of carbonyl (C=O) groups is 1. The summed E-state index contributed by atoms with van der Waals surface area (Å²) in [4.78, 5) is 21.7. The van der Waals surface area contributed by atoms with Gasteiger partial charge in [0.1, 0.15) is 11.4 Å². The van der Waals surface area contributed by atoms with Crippen LogP contribution < -0.4 is 0 Å². The average Bonchev–Trinajstić information content (AvgIpc) is 2.85. The number of carbonyl (C=O) groups excluding carboxylic acids is 1. The van der Waals surface area contributed by atoms with Gasteiger partial charge in [-0.3, -0.25) is 19.6 Å². The third kappa shape index (κ3) is 2.17. The van der Waals surface area contributed by atoms with E-state index in [0.717, 1.165) is 11.8 Å². The van der Waals surface area contributed by atoms with Gasteiger partial charge in [-0.25, -0.2) is 0 Å². The lowest BCUT2D eigenvalue weighted by atomic mass is 10.3. The molecule has 0 N–H and O–H groups in total. The Balaban J connectivity index is 2.32. The highest BCUT2D eigenvalue weighted by Crippen LogP contribution is 2.23. The molecule has 2 rings (SSSR count). The minimum absolute atomic E-state index is 0.0563. The Morgan fingerprint density at radius 2 is 2.28 bits per heavy atom. The number of thiophene rings is 1. The van der Waals surface area contributed by atoms with Crippen LogP contribution in [0.3, 0.4) is 0 Å². The van der Waals surface area contributed by atoms with Crippen LogP contribution in [0.4, 0.5) is 5.69 Å². The molecule has 2 heterocycles. The molecule has 0 bridgehead atoms. The first-order chi connectivity index (χ1) is 8.52. The molecule has 2 aromatic heterocycles. The summed E-state index contributed by atoms with van der Waals surface area (Å²) >= 11 is 1.35. The van der Waals surface area contributed by atoms with Crippen LogP contribution in [0.15, 0.2) is 11.4 Å². The van der Waals surface area contributed by atoms with Crippen LogP contribution in [0, 0.1) is 24.0 Å². The van der Waals surface area contributed by atoms with Gasteiger partial charge < -0.3 is 0 Å². The number of aryl methyl sites for hydroxylation is 1. The largest absolute Gasteiger partial charge is 0.312 e. The lowest BCUT2D eigenvalue weighted by Crippen LogP contribution is -2.03. The van der Waals surface area contributed by atoms with Gasteiger partial charge in [0.25, 0.3) is 0 Å². The van der Waals surface area contributed by atoms with E-state index in [2.05, 4.69) is 5.10 Å². The zero-order chi connectivity index (χ0) is 13.3. The number of aromatic nitrogens is 2. The van der Waals surface area contributed by atoms with Crippen molar-refractivity contribution >= 4 is 23.3 Å². The first-order valence-electron chi connectivity index (χ1n) is 5.24. The molecule has 6 nitrogen and oxygen atoms in total. The molecule has 0 fully saturated rings. The van der Waals surface area contributed by atoms with Crippen molar-refractivity contribution < 1.29 is 9.72 Å². The number of nitrogens with zero attached hydrogens (tertiary/aromatic N) is 3. The second kappa shape index (κ2) is 4.69. The van der Waals surface area contributed by atoms with E-state index >= 15 is 0 Å². The summed E-state index contributed by atoms with van der Waals surface area (Å²) in [5, 5.41) is 16.9. The summed E-state index contributed by atoms with van der Waals surface area (Å²) in [5.41, 5.74) is 1.91. The Hall–Kier alpha value is -2.02. The van der Waals surface area contributed by atoms with Crippen molar-refractivity contribution in [3.05, 3.63) is 43.4 Å². The molecule has 0 aliphatic rings. The average molecular weight is 265 g/mol. The first kappa shape index (κ1) is 12.4. The van der Waals surface area contributed by atoms with E-state index in [4.69, 9.17) is 0 Å². The van der Waals surface area contributed by atoms with Crippen LogP contribution in [0.5, 0.6) is 0 Å². The van der Waals surface area contributed by atoms with Crippen molar-refractivity contribution in [1.82, 2.24) is 9.78 Å². The van der Waals surface area contributed by atoms with Crippen LogP contribution in [-0.2, 0) is 6.54 Å². The fraction of sp³-hybridized carbons (Fsp3) is 0.273. The van der Waals surface area contributed by atoms with Crippen LogP contribution >= 0.6 is 11.3 Å². The number of hydrogen-bond acceptors (Lipinski definition) is 5. The molecular weight excluding hydrogens is 254 g/mol. The fourth-order valence-corrected chi connectivity index (χ4v) is 2.52. The van der Waals surface area contributed by atoms with Gasteiger partial charge in [0.05, 0.1) is 16.3 Å². The smallest absolute Gasteiger partial charge is 0.297 e. The van der Waals surface area contributed by atoms with E-state index in [1.165, 1.54) is 11.3 Å². The van der Waals surface area contributed by atoms with Gasteiger partial charge in [0.2, 0.25) is 0 Å². The summed E-state index contributed by atoms with van der Waals surface area (Å²) in [6.07, 6.45) is 0.789. The highest BCUT2D eigenvalue weighted by Gasteiger charge is 2.21. The molecule has 0 saturated heterocycles. The molecule has 0 aliphatic heterocycles. The molecule has 0 aromatic carbocycles. The number of rotatable bonds is 4. The molecule has 0 amide bonds. The van der Waals surface area contributed by atoms with Crippen molar-refractivity contribution in [2.45, 2.75) is 20.4 Å². The first-order valence-corrected chi connectivity index (χ1v) is 6.12. The van der Waals surface area contributed by atoms with Crippen molar-refractivity contribution in [1.29, 1.82) is 0 Å². The third-order valence-electron chi connectivity index (χ3n) is 2.65. The minimum atomic E-state index is -0.418. The van der Waals surface area contributed by atoms with Gasteiger partial charge in [-0.15, -0.1) is 11.3 Å². The molecule has 0 radical (unpaired) electrons. The van der Waals surface area contributed by atoms with E-state index in [1.807, 2.05) is 5.38 Å². The molecule has 0 spiro atoms. The van der Waals surface area contributed by atoms with Crippen molar-refractivity contribution in [3.63, 3.8) is 0 Å². The molecular formula is C11H11N3O3S. The van der Waals surface area contributed by atoms with Gasteiger partial charge >= 0.3 is 5.69 Å². The van der Waals surface area contributed by atoms with Gasteiger partial charge in [-0.2, -0.15) is 5.10 Å². The number of aldehydes is 1. The zero-order valence-electron chi connectivity index (χ0n) is 9.91. The number of nitro groups is 1. The molecule has 7 heteroatoms. The number of hydrogen-bond donors (Lipinski definition) is 0. The third-order valence-corrected chi connectivity index (χ3v) is 3.56. The van der Waals surface area contributed by atoms with Crippen molar-refractivity contribution in [2.75, 3.05) is 0 Å². The predicted octanol–water partition coefficient (Wildman–Crippen LogP) is 2.33. The lowest BCUT2D eigenvalue weighted by Gasteiger charge is -2.00. The Bertz CT molecular complexity index is 615. The second-order valence-electron chi connectivity index (χ2n) is 3.91. The monoisotopic (exact) mass is 265 g/mol. The Kier molecular flexibility index (Phi) is 3.24. The molecule has 94 valence electrons. The predicted molar refractivity (Wildman–Crippen MR) is 67.2 cm³/mol. The Morgan fingerprint density at radius 1 is 1.56 bits per heavy atom. The quantitative estimate of drug-likeness (QED) is 0.483. The summed E-state index contributed by atoms with van der Waals surface area (Å²) < 4.78 is 1.59. The zero-order valence-corrected chi connectivity index (χ0v) is 10.7. The summed E-state index contributed by atoms with van der Waals surface area (Å²) in [6.45, 7) is 3.72. The summed E-state index contributed by atoms with van der Waals surface area (Å²) in [5.74, 6) is 0. The highest BCUT2D eigenvalue weighted by molar-refractivity contribution is 7.11. The maximum atomic E-state index is 10.9. The SMILES string of the molecule is Cc1nn(Cc2csc(C=O)c2)c(C)c1[N+](=O)[O-]. The van der Waals surface area contributed by atoms with Crippen LogP contribution in [0.1, 0.15) is 26.6 Å².